The topological polar surface area (TPSA) is 51.0 Å². The molecule has 0 saturated carbocycles. The zero-order valence-corrected chi connectivity index (χ0v) is 11.8. The highest BCUT2D eigenvalue weighted by Crippen LogP contribution is 2.19. The SMILES string of the molecule is O=C(C=Cc1ccccc1)N1CCCC1Cn1nccn1. The summed E-state index contributed by atoms with van der Waals surface area (Å²) >= 11 is 0. The van der Waals surface area contributed by atoms with Crippen LogP contribution in [0.15, 0.2) is 48.8 Å². The first-order chi connectivity index (χ1) is 10.3. The Morgan fingerprint density at radius 2 is 2.00 bits per heavy atom. The summed E-state index contributed by atoms with van der Waals surface area (Å²) in [5.74, 6) is 0.0634. The Bertz CT molecular complexity index is 606. The van der Waals surface area contributed by atoms with Crippen LogP contribution in [0.25, 0.3) is 6.08 Å². The van der Waals surface area contributed by atoms with Crippen LogP contribution in [0.1, 0.15) is 18.4 Å². The third kappa shape index (κ3) is 3.37. The summed E-state index contributed by atoms with van der Waals surface area (Å²) in [4.78, 5) is 15.9. The van der Waals surface area contributed by atoms with Crippen molar-refractivity contribution in [2.24, 2.45) is 0 Å². The van der Waals surface area contributed by atoms with Crippen LogP contribution in [0.5, 0.6) is 0 Å². The van der Waals surface area contributed by atoms with Gasteiger partial charge in [0.1, 0.15) is 0 Å². The van der Waals surface area contributed by atoms with Gasteiger partial charge >= 0.3 is 0 Å². The molecule has 2 heterocycles. The molecule has 2 aromatic rings. The second-order valence-electron chi connectivity index (χ2n) is 5.16. The van der Waals surface area contributed by atoms with Crippen molar-refractivity contribution >= 4 is 12.0 Å². The van der Waals surface area contributed by atoms with Crippen molar-refractivity contribution in [3.05, 3.63) is 54.4 Å². The highest BCUT2D eigenvalue weighted by atomic mass is 16.2. The van der Waals surface area contributed by atoms with E-state index < -0.39 is 0 Å². The second-order valence-corrected chi connectivity index (χ2v) is 5.16. The molecule has 0 bridgehead atoms. The molecule has 1 saturated heterocycles. The Morgan fingerprint density at radius 1 is 1.24 bits per heavy atom. The molecule has 1 aliphatic heterocycles. The Labute approximate surface area is 123 Å². The van der Waals surface area contributed by atoms with E-state index in [0.717, 1.165) is 24.9 Å². The van der Waals surface area contributed by atoms with E-state index in [1.54, 1.807) is 23.3 Å². The van der Waals surface area contributed by atoms with Crippen LogP contribution in [0.2, 0.25) is 0 Å². The molecule has 0 N–H and O–H groups in total. The number of likely N-dealkylation sites (tertiary alicyclic amines) is 1. The smallest absolute Gasteiger partial charge is 0.246 e. The largest absolute Gasteiger partial charge is 0.334 e. The first-order valence-corrected chi connectivity index (χ1v) is 7.21. The number of hydrogen-bond acceptors (Lipinski definition) is 3. The minimum atomic E-state index is 0.0634. The Balaban J connectivity index is 1.64. The Morgan fingerprint density at radius 3 is 2.76 bits per heavy atom. The molecule has 1 atom stereocenters. The van der Waals surface area contributed by atoms with Gasteiger partial charge in [-0.1, -0.05) is 30.3 Å². The molecule has 0 radical (unpaired) electrons. The van der Waals surface area contributed by atoms with Crippen molar-refractivity contribution in [1.82, 2.24) is 19.9 Å². The number of hydrogen-bond donors (Lipinski definition) is 0. The molecule has 5 heteroatoms. The minimum absolute atomic E-state index is 0.0634. The first-order valence-electron chi connectivity index (χ1n) is 7.21. The van der Waals surface area contributed by atoms with Gasteiger partial charge in [-0.25, -0.2) is 0 Å². The first kappa shape index (κ1) is 13.5. The van der Waals surface area contributed by atoms with Crippen LogP contribution in [0.3, 0.4) is 0 Å². The molecule has 1 aromatic carbocycles. The normalized spacial score (nSPS) is 18.5. The highest BCUT2D eigenvalue weighted by molar-refractivity contribution is 5.92. The van der Waals surface area contributed by atoms with E-state index in [1.807, 2.05) is 41.3 Å². The van der Waals surface area contributed by atoms with Gasteiger partial charge < -0.3 is 4.90 Å². The number of rotatable bonds is 4. The number of carbonyl (C=O) groups excluding carboxylic acids is 1. The summed E-state index contributed by atoms with van der Waals surface area (Å²) in [5, 5.41) is 8.23. The van der Waals surface area contributed by atoms with Crippen LogP contribution in [0, 0.1) is 0 Å². The predicted molar refractivity (Wildman–Crippen MR) is 80.2 cm³/mol. The van der Waals surface area contributed by atoms with Gasteiger partial charge in [-0.05, 0) is 24.5 Å². The predicted octanol–water partition coefficient (Wildman–Crippen LogP) is 1.98. The zero-order valence-electron chi connectivity index (χ0n) is 11.8. The third-order valence-corrected chi connectivity index (χ3v) is 3.72. The van der Waals surface area contributed by atoms with Gasteiger partial charge in [0, 0.05) is 12.6 Å². The fourth-order valence-corrected chi connectivity index (χ4v) is 2.67. The van der Waals surface area contributed by atoms with Gasteiger partial charge in [0.05, 0.1) is 25.0 Å². The van der Waals surface area contributed by atoms with E-state index in [1.165, 1.54) is 0 Å². The average Bonchev–Trinajstić information content (AvgIpc) is 3.18. The van der Waals surface area contributed by atoms with E-state index >= 15 is 0 Å². The summed E-state index contributed by atoms with van der Waals surface area (Å²) in [7, 11) is 0. The number of nitrogens with zero attached hydrogens (tertiary/aromatic N) is 4. The second kappa shape index (κ2) is 6.35. The number of carbonyl (C=O) groups is 1. The van der Waals surface area contributed by atoms with Crippen LogP contribution >= 0.6 is 0 Å². The number of amides is 1. The van der Waals surface area contributed by atoms with E-state index in [0.29, 0.717) is 6.54 Å². The van der Waals surface area contributed by atoms with E-state index in [2.05, 4.69) is 10.2 Å². The van der Waals surface area contributed by atoms with Gasteiger partial charge in [0.15, 0.2) is 0 Å². The lowest BCUT2D eigenvalue weighted by molar-refractivity contribution is -0.127. The summed E-state index contributed by atoms with van der Waals surface area (Å²) < 4.78 is 0. The Hall–Kier alpha value is -2.43. The van der Waals surface area contributed by atoms with Crippen LogP contribution < -0.4 is 0 Å². The van der Waals surface area contributed by atoms with Crippen molar-refractivity contribution in [3.63, 3.8) is 0 Å². The molecule has 108 valence electrons. The molecule has 1 amide bonds. The molecule has 3 rings (SSSR count). The molecule has 1 aliphatic rings. The molecule has 21 heavy (non-hydrogen) atoms. The fraction of sp³-hybridized carbons (Fsp3) is 0.312. The Kier molecular flexibility index (Phi) is 4.09. The summed E-state index contributed by atoms with van der Waals surface area (Å²) in [6, 6.07) is 10.0. The summed E-state index contributed by atoms with van der Waals surface area (Å²) in [6.07, 6.45) is 8.89. The van der Waals surface area contributed by atoms with E-state index in [9.17, 15) is 4.79 Å². The number of aromatic nitrogens is 3. The molecule has 1 unspecified atom stereocenters. The van der Waals surface area contributed by atoms with Crippen LogP contribution in [0.4, 0.5) is 0 Å². The van der Waals surface area contributed by atoms with Crippen molar-refractivity contribution < 1.29 is 4.79 Å². The quantitative estimate of drug-likeness (QED) is 0.806. The molecule has 1 aromatic heterocycles. The molecule has 1 fully saturated rings. The maximum atomic E-state index is 12.3. The molecule has 0 aliphatic carbocycles. The maximum absolute atomic E-state index is 12.3. The minimum Gasteiger partial charge on any atom is -0.334 e. The standard InChI is InChI=1S/C16H18N4O/c21-16(9-8-14-5-2-1-3-6-14)19-12-4-7-15(19)13-20-17-10-11-18-20/h1-3,5-6,8-11,15H,4,7,12-13H2. The van der Waals surface area contributed by atoms with Crippen molar-refractivity contribution in [2.75, 3.05) is 6.54 Å². The van der Waals surface area contributed by atoms with E-state index in [-0.39, 0.29) is 11.9 Å². The zero-order chi connectivity index (χ0) is 14.5. The van der Waals surface area contributed by atoms with Crippen molar-refractivity contribution in [3.8, 4) is 0 Å². The van der Waals surface area contributed by atoms with Gasteiger partial charge in [-0.3, -0.25) is 4.79 Å². The fourth-order valence-electron chi connectivity index (χ4n) is 2.67. The molecule has 0 spiro atoms. The van der Waals surface area contributed by atoms with Crippen molar-refractivity contribution in [2.45, 2.75) is 25.4 Å². The summed E-state index contributed by atoms with van der Waals surface area (Å²) in [5.41, 5.74) is 1.04. The lowest BCUT2D eigenvalue weighted by Crippen LogP contribution is -2.37. The monoisotopic (exact) mass is 282 g/mol. The summed E-state index contributed by atoms with van der Waals surface area (Å²) in [6.45, 7) is 1.47. The van der Waals surface area contributed by atoms with Crippen LogP contribution in [-0.2, 0) is 11.3 Å². The third-order valence-electron chi connectivity index (χ3n) is 3.72. The van der Waals surface area contributed by atoms with Gasteiger partial charge in [-0.2, -0.15) is 15.0 Å². The van der Waals surface area contributed by atoms with Crippen molar-refractivity contribution in [1.29, 1.82) is 0 Å². The maximum Gasteiger partial charge on any atom is 0.246 e. The molecular formula is C16H18N4O. The lowest BCUT2D eigenvalue weighted by Gasteiger charge is -2.22. The van der Waals surface area contributed by atoms with Crippen LogP contribution in [-0.4, -0.2) is 38.4 Å². The van der Waals surface area contributed by atoms with Gasteiger partial charge in [0.25, 0.3) is 0 Å². The van der Waals surface area contributed by atoms with Gasteiger partial charge in [-0.15, -0.1) is 0 Å². The highest BCUT2D eigenvalue weighted by Gasteiger charge is 2.28. The van der Waals surface area contributed by atoms with E-state index in [4.69, 9.17) is 0 Å². The molecular weight excluding hydrogens is 264 g/mol. The number of benzene rings is 1. The molecule has 5 nitrogen and oxygen atoms in total. The van der Waals surface area contributed by atoms with Gasteiger partial charge in [0.2, 0.25) is 5.91 Å². The lowest BCUT2D eigenvalue weighted by atomic mass is 10.2. The average molecular weight is 282 g/mol.